The summed E-state index contributed by atoms with van der Waals surface area (Å²) in [7, 11) is 3.53. The molecule has 2 heterocycles. The highest BCUT2D eigenvalue weighted by molar-refractivity contribution is 5.93. The molecule has 0 aliphatic rings. The fourth-order valence-corrected chi connectivity index (χ4v) is 3.11. The molecule has 0 aliphatic carbocycles. The molecule has 0 aliphatic heterocycles. The van der Waals surface area contributed by atoms with Gasteiger partial charge >= 0.3 is 0 Å². The van der Waals surface area contributed by atoms with Crippen molar-refractivity contribution < 1.29 is 9.47 Å². The number of aromatic nitrogens is 3. The first-order chi connectivity index (χ1) is 14.3. The molecule has 4 aromatic rings. The zero-order valence-electron chi connectivity index (χ0n) is 16.4. The Morgan fingerprint density at radius 1 is 0.897 bits per heavy atom. The summed E-state index contributed by atoms with van der Waals surface area (Å²) in [5.74, 6) is 2.27. The van der Waals surface area contributed by atoms with Crippen molar-refractivity contribution in [3.8, 4) is 28.3 Å². The lowest BCUT2D eigenvalue weighted by atomic mass is 10.0. The zero-order chi connectivity index (χ0) is 20.1. The maximum atomic E-state index is 5.64. The summed E-state index contributed by atoms with van der Waals surface area (Å²) in [4.78, 5) is 13.6. The highest BCUT2D eigenvalue weighted by atomic mass is 16.5. The number of ether oxygens (including phenoxy) is 2. The van der Waals surface area contributed by atoms with Gasteiger partial charge in [0, 0.05) is 37.5 Å². The molecule has 0 fully saturated rings. The number of rotatable bonds is 7. The Morgan fingerprint density at radius 2 is 1.72 bits per heavy atom. The second kappa shape index (κ2) is 8.67. The molecular weight excluding hydrogens is 364 g/mol. The van der Waals surface area contributed by atoms with E-state index in [0.717, 1.165) is 39.2 Å². The van der Waals surface area contributed by atoms with E-state index in [9.17, 15) is 0 Å². The van der Waals surface area contributed by atoms with Crippen LogP contribution in [0.5, 0.6) is 5.75 Å². The molecule has 0 bridgehead atoms. The minimum Gasteiger partial charge on any atom is -0.491 e. The van der Waals surface area contributed by atoms with Gasteiger partial charge in [-0.05, 0) is 47.5 Å². The molecule has 0 saturated carbocycles. The summed E-state index contributed by atoms with van der Waals surface area (Å²) in [6.07, 6.45) is 3.51. The third-order valence-corrected chi connectivity index (χ3v) is 4.60. The molecule has 6 heteroatoms. The molecule has 1 N–H and O–H groups in total. The fourth-order valence-electron chi connectivity index (χ4n) is 3.11. The number of nitrogens with zero attached hydrogens (tertiary/aromatic N) is 3. The monoisotopic (exact) mass is 386 g/mol. The zero-order valence-corrected chi connectivity index (χ0v) is 16.4. The van der Waals surface area contributed by atoms with Crippen LogP contribution in [-0.4, -0.2) is 42.3 Å². The molecule has 29 heavy (non-hydrogen) atoms. The van der Waals surface area contributed by atoms with Crippen molar-refractivity contribution >= 4 is 16.7 Å². The van der Waals surface area contributed by atoms with E-state index in [-0.39, 0.29) is 0 Å². The first-order valence-electron chi connectivity index (χ1n) is 9.40. The van der Waals surface area contributed by atoms with Gasteiger partial charge in [-0.3, -0.25) is 4.98 Å². The van der Waals surface area contributed by atoms with Crippen LogP contribution < -0.4 is 10.1 Å². The number of nitrogens with one attached hydrogen (secondary N) is 1. The number of anilines is 1. The Balaban J connectivity index is 1.67. The number of methoxy groups -OCH3 is 1. The molecule has 0 saturated heterocycles. The molecule has 0 atom stereocenters. The Bertz CT molecular complexity index is 1100. The molecule has 2 aromatic heterocycles. The van der Waals surface area contributed by atoms with Crippen LogP contribution in [-0.2, 0) is 4.74 Å². The van der Waals surface area contributed by atoms with Gasteiger partial charge in [0.05, 0.1) is 12.1 Å². The predicted octanol–water partition coefficient (Wildman–Crippen LogP) is 4.43. The van der Waals surface area contributed by atoms with Gasteiger partial charge in [-0.2, -0.15) is 0 Å². The molecule has 0 spiro atoms. The van der Waals surface area contributed by atoms with Gasteiger partial charge in [-0.1, -0.05) is 18.2 Å². The van der Waals surface area contributed by atoms with E-state index in [4.69, 9.17) is 14.5 Å². The summed E-state index contributed by atoms with van der Waals surface area (Å²) in [5.41, 5.74) is 3.96. The Morgan fingerprint density at radius 3 is 2.45 bits per heavy atom. The van der Waals surface area contributed by atoms with Crippen molar-refractivity contribution in [2.45, 2.75) is 0 Å². The molecule has 6 nitrogen and oxygen atoms in total. The predicted molar refractivity (Wildman–Crippen MR) is 115 cm³/mol. The maximum absolute atomic E-state index is 5.64. The minimum absolute atomic E-state index is 0.536. The van der Waals surface area contributed by atoms with E-state index in [1.165, 1.54) is 0 Å². The Labute approximate surface area is 169 Å². The number of pyridine rings is 1. The summed E-state index contributed by atoms with van der Waals surface area (Å²) in [6.45, 7) is 1.11. The minimum atomic E-state index is 0.536. The largest absolute Gasteiger partial charge is 0.491 e. The molecular formula is C23H22N4O2. The number of fused-ring (bicyclic) bond motifs is 1. The van der Waals surface area contributed by atoms with E-state index in [1.807, 2.05) is 49.5 Å². The standard InChI is InChI=1S/C23H22N4O2/c1-24-23-20-14-17(16-5-8-19(9-6-16)29-13-12-28-2)7-10-21(20)26-22(27-23)18-4-3-11-25-15-18/h3-11,14-15H,12-13H2,1-2H3,(H,24,26,27). The SMILES string of the molecule is CNc1nc(-c2cccnc2)nc2ccc(-c3ccc(OCCOC)cc3)cc12. The molecule has 4 rings (SSSR count). The van der Waals surface area contributed by atoms with Crippen LogP contribution in [0.2, 0.25) is 0 Å². The molecule has 2 aromatic carbocycles. The second-order valence-electron chi connectivity index (χ2n) is 6.49. The summed E-state index contributed by atoms with van der Waals surface area (Å²) in [5, 5.41) is 4.16. The lowest BCUT2D eigenvalue weighted by Gasteiger charge is -2.11. The van der Waals surface area contributed by atoms with Crippen LogP contribution in [0.3, 0.4) is 0 Å². The number of benzene rings is 2. The van der Waals surface area contributed by atoms with Crippen LogP contribution >= 0.6 is 0 Å². The number of hydrogen-bond donors (Lipinski definition) is 1. The lowest BCUT2D eigenvalue weighted by Crippen LogP contribution is -2.03. The third kappa shape index (κ3) is 4.17. The van der Waals surface area contributed by atoms with Crippen molar-refractivity contribution in [3.05, 3.63) is 67.0 Å². The van der Waals surface area contributed by atoms with Crippen LogP contribution in [0, 0.1) is 0 Å². The van der Waals surface area contributed by atoms with Crippen molar-refractivity contribution in [2.75, 3.05) is 32.7 Å². The van der Waals surface area contributed by atoms with E-state index >= 15 is 0 Å². The van der Waals surface area contributed by atoms with Crippen LogP contribution in [0.1, 0.15) is 0 Å². The quantitative estimate of drug-likeness (QED) is 0.474. The van der Waals surface area contributed by atoms with E-state index < -0.39 is 0 Å². The fraction of sp³-hybridized carbons (Fsp3) is 0.174. The summed E-state index contributed by atoms with van der Waals surface area (Å²) in [6, 6.07) is 18.1. The van der Waals surface area contributed by atoms with E-state index in [1.54, 1.807) is 19.5 Å². The second-order valence-corrected chi connectivity index (χ2v) is 6.49. The van der Waals surface area contributed by atoms with Gasteiger partial charge in [0.2, 0.25) is 0 Å². The van der Waals surface area contributed by atoms with Crippen molar-refractivity contribution in [2.24, 2.45) is 0 Å². The van der Waals surface area contributed by atoms with Crippen LogP contribution in [0.15, 0.2) is 67.0 Å². The third-order valence-electron chi connectivity index (χ3n) is 4.60. The summed E-state index contributed by atoms with van der Waals surface area (Å²) >= 11 is 0. The Kier molecular flexibility index (Phi) is 5.63. The molecule has 0 amide bonds. The topological polar surface area (TPSA) is 69.2 Å². The first-order valence-corrected chi connectivity index (χ1v) is 9.40. The summed E-state index contributed by atoms with van der Waals surface area (Å²) < 4.78 is 10.6. The number of hydrogen-bond acceptors (Lipinski definition) is 6. The van der Waals surface area contributed by atoms with Crippen molar-refractivity contribution in [1.82, 2.24) is 15.0 Å². The van der Waals surface area contributed by atoms with E-state index in [2.05, 4.69) is 27.4 Å². The van der Waals surface area contributed by atoms with Crippen molar-refractivity contribution in [3.63, 3.8) is 0 Å². The van der Waals surface area contributed by atoms with Crippen molar-refractivity contribution in [1.29, 1.82) is 0 Å². The van der Waals surface area contributed by atoms with Gasteiger partial charge in [-0.15, -0.1) is 0 Å². The first kappa shape index (κ1) is 18.8. The van der Waals surface area contributed by atoms with Gasteiger partial charge < -0.3 is 14.8 Å². The van der Waals surface area contributed by atoms with Gasteiger partial charge in [0.15, 0.2) is 5.82 Å². The highest BCUT2D eigenvalue weighted by Gasteiger charge is 2.10. The normalized spacial score (nSPS) is 10.8. The van der Waals surface area contributed by atoms with Crippen LogP contribution in [0.25, 0.3) is 33.4 Å². The smallest absolute Gasteiger partial charge is 0.163 e. The van der Waals surface area contributed by atoms with Gasteiger partial charge in [-0.25, -0.2) is 9.97 Å². The molecule has 146 valence electrons. The van der Waals surface area contributed by atoms with Gasteiger partial charge in [0.1, 0.15) is 18.2 Å². The Hall–Kier alpha value is -3.51. The maximum Gasteiger partial charge on any atom is 0.163 e. The van der Waals surface area contributed by atoms with Crippen LogP contribution in [0.4, 0.5) is 5.82 Å². The molecule has 0 unspecified atom stereocenters. The highest BCUT2D eigenvalue weighted by Crippen LogP contribution is 2.30. The average molecular weight is 386 g/mol. The van der Waals surface area contributed by atoms with E-state index in [0.29, 0.717) is 19.0 Å². The molecule has 0 radical (unpaired) electrons. The average Bonchev–Trinajstić information content (AvgIpc) is 2.79. The lowest BCUT2D eigenvalue weighted by molar-refractivity contribution is 0.146. The van der Waals surface area contributed by atoms with Gasteiger partial charge in [0.25, 0.3) is 0 Å².